The Morgan fingerprint density at radius 1 is 0.941 bits per heavy atom. The van der Waals surface area contributed by atoms with Gasteiger partial charge in [-0.2, -0.15) is 0 Å². The van der Waals surface area contributed by atoms with E-state index in [1.165, 1.54) is 18.2 Å². The molecule has 0 aliphatic heterocycles. The summed E-state index contributed by atoms with van der Waals surface area (Å²) < 4.78 is 24.5. The fourth-order valence-corrected chi connectivity index (χ4v) is 3.02. The predicted molar refractivity (Wildman–Crippen MR) is 64.7 cm³/mol. The van der Waals surface area contributed by atoms with Crippen molar-refractivity contribution in [1.29, 1.82) is 0 Å². The maximum atomic E-state index is 12.2. The minimum Gasteiger partial charge on any atom is -0.506 e. The van der Waals surface area contributed by atoms with Crippen LogP contribution in [0.15, 0.2) is 58.3 Å². The molecule has 0 heterocycles. The van der Waals surface area contributed by atoms with Crippen molar-refractivity contribution in [3.63, 3.8) is 0 Å². The van der Waals surface area contributed by atoms with Gasteiger partial charge in [-0.25, -0.2) is 8.42 Å². The van der Waals surface area contributed by atoms with Crippen LogP contribution in [-0.4, -0.2) is 13.5 Å². The van der Waals surface area contributed by atoms with E-state index in [0.717, 1.165) is 0 Å². The van der Waals surface area contributed by atoms with E-state index < -0.39 is 9.84 Å². The van der Waals surface area contributed by atoms with E-state index in [1.54, 1.807) is 37.3 Å². The highest BCUT2D eigenvalue weighted by Gasteiger charge is 2.21. The van der Waals surface area contributed by atoms with E-state index in [4.69, 9.17) is 0 Å². The molecule has 1 N–H and O–H groups in total. The summed E-state index contributed by atoms with van der Waals surface area (Å²) in [4.78, 5) is 0.129. The molecule has 0 aliphatic rings. The second-order valence-corrected chi connectivity index (χ2v) is 5.66. The van der Waals surface area contributed by atoms with Gasteiger partial charge in [0.15, 0.2) is 0 Å². The van der Waals surface area contributed by atoms with E-state index in [0.29, 0.717) is 5.56 Å². The number of hydrogen-bond acceptors (Lipinski definition) is 3. The maximum Gasteiger partial charge on any atom is 0.210 e. The first-order valence-electron chi connectivity index (χ1n) is 5.12. The third kappa shape index (κ3) is 2.03. The van der Waals surface area contributed by atoms with Gasteiger partial charge < -0.3 is 5.11 Å². The molecule has 0 amide bonds. The number of phenols is 1. The highest BCUT2D eigenvalue weighted by molar-refractivity contribution is 7.91. The van der Waals surface area contributed by atoms with Gasteiger partial charge in [0, 0.05) is 0 Å². The fraction of sp³-hybridized carbons (Fsp3) is 0.0769. The molecule has 0 spiro atoms. The Hall–Kier alpha value is -1.81. The van der Waals surface area contributed by atoms with Gasteiger partial charge in [0.2, 0.25) is 9.84 Å². The monoisotopic (exact) mass is 248 g/mol. The summed E-state index contributed by atoms with van der Waals surface area (Å²) >= 11 is 0. The van der Waals surface area contributed by atoms with E-state index >= 15 is 0 Å². The normalized spacial score (nSPS) is 11.4. The number of hydrogen-bond donors (Lipinski definition) is 1. The highest BCUT2D eigenvalue weighted by Crippen LogP contribution is 2.30. The van der Waals surface area contributed by atoms with Gasteiger partial charge in [-0.3, -0.25) is 0 Å². The number of rotatable bonds is 2. The summed E-state index contributed by atoms with van der Waals surface area (Å²) in [5.41, 5.74) is 0.544. The molecule has 0 radical (unpaired) electrons. The summed E-state index contributed by atoms with van der Waals surface area (Å²) in [6, 6.07) is 12.8. The lowest BCUT2D eigenvalue weighted by Gasteiger charge is -2.08. The Labute approximate surface area is 100 Å². The molecule has 0 bridgehead atoms. The highest BCUT2D eigenvalue weighted by atomic mass is 32.2. The molecule has 3 nitrogen and oxygen atoms in total. The summed E-state index contributed by atoms with van der Waals surface area (Å²) in [6.07, 6.45) is 0. The molecule has 0 unspecified atom stereocenters. The van der Waals surface area contributed by atoms with Crippen molar-refractivity contribution in [2.24, 2.45) is 0 Å². The molecule has 4 heteroatoms. The van der Waals surface area contributed by atoms with Crippen molar-refractivity contribution in [2.45, 2.75) is 16.7 Å². The van der Waals surface area contributed by atoms with Crippen molar-refractivity contribution >= 4 is 9.84 Å². The minimum atomic E-state index is -3.64. The molecule has 0 saturated carbocycles. The number of para-hydroxylation sites is 1. The second-order valence-electron chi connectivity index (χ2n) is 3.74. The number of aryl methyl sites for hydroxylation is 1. The van der Waals surface area contributed by atoms with Crippen LogP contribution in [0.1, 0.15) is 5.56 Å². The topological polar surface area (TPSA) is 54.4 Å². The zero-order chi connectivity index (χ0) is 12.5. The van der Waals surface area contributed by atoms with Crippen LogP contribution in [0, 0.1) is 6.92 Å². The first kappa shape index (κ1) is 11.7. The second kappa shape index (κ2) is 4.22. The van der Waals surface area contributed by atoms with Gasteiger partial charge in [0.05, 0.1) is 4.90 Å². The van der Waals surface area contributed by atoms with Crippen LogP contribution in [0.2, 0.25) is 0 Å². The van der Waals surface area contributed by atoms with E-state index in [9.17, 15) is 13.5 Å². The number of phenolic OH excluding ortho intramolecular Hbond substituents is 1. The van der Waals surface area contributed by atoms with Crippen LogP contribution < -0.4 is 0 Å². The minimum absolute atomic E-state index is 0.0521. The van der Waals surface area contributed by atoms with Gasteiger partial charge in [0.25, 0.3) is 0 Å². The van der Waals surface area contributed by atoms with Crippen LogP contribution >= 0.6 is 0 Å². The lowest BCUT2D eigenvalue weighted by molar-refractivity contribution is 0.454. The van der Waals surface area contributed by atoms with E-state index in [1.807, 2.05) is 0 Å². The van der Waals surface area contributed by atoms with Crippen molar-refractivity contribution in [1.82, 2.24) is 0 Å². The predicted octanol–water partition coefficient (Wildman–Crippen LogP) is 2.53. The number of sulfone groups is 1. The average molecular weight is 248 g/mol. The molecule has 0 fully saturated rings. The Morgan fingerprint density at radius 2 is 1.59 bits per heavy atom. The molecule has 0 atom stereocenters. The molecule has 0 saturated heterocycles. The van der Waals surface area contributed by atoms with Gasteiger partial charge >= 0.3 is 0 Å². The number of aromatic hydroxyl groups is 1. The Kier molecular flexibility index (Phi) is 2.90. The van der Waals surface area contributed by atoms with Gasteiger partial charge in [0.1, 0.15) is 10.6 Å². The van der Waals surface area contributed by atoms with Crippen molar-refractivity contribution in [3.8, 4) is 5.75 Å². The fourth-order valence-electron chi connectivity index (χ4n) is 1.58. The zero-order valence-corrected chi connectivity index (χ0v) is 10.1. The smallest absolute Gasteiger partial charge is 0.210 e. The molecule has 0 aromatic heterocycles. The largest absolute Gasteiger partial charge is 0.506 e. The molecule has 0 aliphatic carbocycles. The van der Waals surface area contributed by atoms with Gasteiger partial charge in [-0.15, -0.1) is 0 Å². The third-order valence-electron chi connectivity index (χ3n) is 2.54. The SMILES string of the molecule is Cc1cccc(S(=O)(=O)c2ccccc2)c1O. The standard InChI is InChI=1S/C13H12O3S/c1-10-6-5-9-12(13(10)14)17(15,16)11-7-3-2-4-8-11/h2-9,14H,1H3. The van der Waals surface area contributed by atoms with Crippen LogP contribution in [0.5, 0.6) is 5.75 Å². The number of benzene rings is 2. The lowest BCUT2D eigenvalue weighted by atomic mass is 10.2. The molecule has 2 aromatic carbocycles. The molecular weight excluding hydrogens is 236 g/mol. The van der Waals surface area contributed by atoms with Crippen molar-refractivity contribution in [2.75, 3.05) is 0 Å². The molecule has 2 rings (SSSR count). The lowest BCUT2D eigenvalue weighted by Crippen LogP contribution is -2.02. The molecule has 2 aromatic rings. The van der Waals surface area contributed by atoms with Gasteiger partial charge in [-0.1, -0.05) is 30.3 Å². The first-order valence-corrected chi connectivity index (χ1v) is 6.60. The van der Waals surface area contributed by atoms with Crippen molar-refractivity contribution < 1.29 is 13.5 Å². The summed E-state index contributed by atoms with van der Waals surface area (Å²) in [7, 11) is -3.64. The van der Waals surface area contributed by atoms with Crippen LogP contribution in [-0.2, 0) is 9.84 Å². The van der Waals surface area contributed by atoms with E-state index in [-0.39, 0.29) is 15.5 Å². The quantitative estimate of drug-likeness (QED) is 0.888. The summed E-state index contributed by atoms with van der Waals surface area (Å²) in [6.45, 7) is 1.67. The van der Waals surface area contributed by atoms with Crippen LogP contribution in [0.4, 0.5) is 0 Å². The average Bonchev–Trinajstić information content (AvgIpc) is 2.33. The molecule has 88 valence electrons. The van der Waals surface area contributed by atoms with Crippen LogP contribution in [0.3, 0.4) is 0 Å². The van der Waals surface area contributed by atoms with Crippen LogP contribution in [0.25, 0.3) is 0 Å². The first-order chi connectivity index (χ1) is 8.03. The maximum absolute atomic E-state index is 12.2. The van der Waals surface area contributed by atoms with Gasteiger partial charge in [-0.05, 0) is 30.7 Å². The third-order valence-corrected chi connectivity index (χ3v) is 4.34. The van der Waals surface area contributed by atoms with Crippen molar-refractivity contribution in [3.05, 3.63) is 54.1 Å². The Morgan fingerprint density at radius 3 is 2.24 bits per heavy atom. The van der Waals surface area contributed by atoms with E-state index in [2.05, 4.69) is 0 Å². The molecule has 17 heavy (non-hydrogen) atoms. The Bertz CT molecular complexity index is 631. The summed E-state index contributed by atoms with van der Waals surface area (Å²) in [5.74, 6) is -0.184. The zero-order valence-electron chi connectivity index (χ0n) is 9.29. The Balaban J connectivity index is 2.65. The summed E-state index contributed by atoms with van der Waals surface area (Å²) in [5, 5.41) is 9.82. The molecular formula is C13H12O3S.